The number of aromatic nitrogens is 4. The van der Waals surface area contributed by atoms with Crippen LogP contribution in [0, 0.1) is 10.1 Å². The van der Waals surface area contributed by atoms with E-state index >= 15 is 0 Å². The average Bonchev–Trinajstić information content (AvgIpc) is 3.35. The molecule has 7 nitrogen and oxygen atoms in total. The van der Waals surface area contributed by atoms with E-state index in [2.05, 4.69) is 31.9 Å². The normalized spacial score (nSPS) is 14.9. The van der Waals surface area contributed by atoms with Gasteiger partial charge in [-0.3, -0.25) is 14.7 Å². The van der Waals surface area contributed by atoms with Crippen molar-refractivity contribution in [2.45, 2.75) is 36.2 Å². The monoisotopic (exact) mass is 405 g/mol. The highest BCUT2D eigenvalue weighted by Crippen LogP contribution is 2.44. The molecule has 1 saturated carbocycles. The van der Waals surface area contributed by atoms with Crippen molar-refractivity contribution in [3.05, 3.63) is 70.4 Å². The summed E-state index contributed by atoms with van der Waals surface area (Å²) >= 11 is 1.59. The Morgan fingerprint density at radius 3 is 2.83 bits per heavy atom. The lowest BCUT2D eigenvalue weighted by Gasteiger charge is -2.13. The van der Waals surface area contributed by atoms with Crippen LogP contribution in [0.15, 0.2) is 59.9 Å². The molecule has 1 atom stereocenters. The van der Waals surface area contributed by atoms with E-state index in [1.807, 2.05) is 31.3 Å². The second-order valence-electron chi connectivity index (χ2n) is 7.27. The maximum Gasteiger partial charge on any atom is 0.269 e. The Hall–Kier alpha value is -3.13. The van der Waals surface area contributed by atoms with E-state index in [0.29, 0.717) is 6.04 Å². The second kappa shape index (κ2) is 7.04. The SMILES string of the molecule is CC(Sc1nnc(-c2c[nH]c3ccccc23)n1C1CC1)c1cccc([N+](=O)[O-])c1. The molecule has 1 aliphatic rings. The van der Waals surface area contributed by atoms with Gasteiger partial charge < -0.3 is 4.98 Å². The smallest absolute Gasteiger partial charge is 0.269 e. The van der Waals surface area contributed by atoms with Gasteiger partial charge in [-0.05, 0) is 31.4 Å². The Labute approximate surface area is 171 Å². The van der Waals surface area contributed by atoms with Crippen molar-refractivity contribution in [2.75, 3.05) is 0 Å². The summed E-state index contributed by atoms with van der Waals surface area (Å²) in [5, 5.41) is 22.1. The molecule has 2 aromatic carbocycles. The van der Waals surface area contributed by atoms with Crippen LogP contribution in [0.2, 0.25) is 0 Å². The minimum absolute atomic E-state index is 0.0208. The van der Waals surface area contributed by atoms with Crippen LogP contribution in [0.4, 0.5) is 5.69 Å². The second-order valence-corrected chi connectivity index (χ2v) is 8.58. The lowest BCUT2D eigenvalue weighted by Crippen LogP contribution is -2.01. The molecular formula is C21H19N5O2S. The van der Waals surface area contributed by atoms with Crippen molar-refractivity contribution in [3.63, 3.8) is 0 Å². The third kappa shape index (κ3) is 3.29. The van der Waals surface area contributed by atoms with Gasteiger partial charge in [0.05, 0.1) is 4.92 Å². The van der Waals surface area contributed by atoms with E-state index < -0.39 is 0 Å². The van der Waals surface area contributed by atoms with Gasteiger partial charge in [0.1, 0.15) is 0 Å². The molecule has 29 heavy (non-hydrogen) atoms. The Kier molecular flexibility index (Phi) is 4.35. The number of para-hydroxylation sites is 1. The molecule has 2 heterocycles. The van der Waals surface area contributed by atoms with E-state index in [-0.39, 0.29) is 15.9 Å². The third-order valence-electron chi connectivity index (χ3n) is 5.24. The fourth-order valence-electron chi connectivity index (χ4n) is 3.58. The van der Waals surface area contributed by atoms with E-state index in [1.165, 1.54) is 6.07 Å². The van der Waals surface area contributed by atoms with Gasteiger partial charge in [0.15, 0.2) is 11.0 Å². The molecule has 0 aliphatic heterocycles. The molecule has 2 aromatic heterocycles. The van der Waals surface area contributed by atoms with Gasteiger partial charge in [0.25, 0.3) is 5.69 Å². The van der Waals surface area contributed by atoms with Crippen molar-refractivity contribution in [1.82, 2.24) is 19.7 Å². The standard InChI is InChI=1S/C21H19N5O2S/c1-13(14-5-4-6-16(11-14)26(27)28)29-21-24-23-20(25(21)15-9-10-15)18-12-22-19-8-3-2-7-17(18)19/h2-8,11-13,15,22H,9-10H2,1H3. The Morgan fingerprint density at radius 1 is 1.21 bits per heavy atom. The van der Waals surface area contributed by atoms with Crippen LogP contribution in [0.1, 0.15) is 36.6 Å². The van der Waals surface area contributed by atoms with Crippen LogP contribution < -0.4 is 0 Å². The van der Waals surface area contributed by atoms with Crippen molar-refractivity contribution >= 4 is 28.4 Å². The largest absolute Gasteiger partial charge is 0.360 e. The molecule has 146 valence electrons. The Bertz CT molecular complexity index is 1210. The molecule has 4 aromatic rings. The number of hydrogen-bond donors (Lipinski definition) is 1. The number of benzene rings is 2. The van der Waals surface area contributed by atoms with Gasteiger partial charge in [-0.2, -0.15) is 0 Å². The Morgan fingerprint density at radius 2 is 2.03 bits per heavy atom. The topological polar surface area (TPSA) is 89.6 Å². The number of nitrogens with zero attached hydrogens (tertiary/aromatic N) is 4. The molecule has 0 spiro atoms. The summed E-state index contributed by atoms with van der Waals surface area (Å²) in [7, 11) is 0. The highest BCUT2D eigenvalue weighted by Gasteiger charge is 2.31. The molecule has 1 unspecified atom stereocenters. The van der Waals surface area contributed by atoms with E-state index in [4.69, 9.17) is 0 Å². The van der Waals surface area contributed by atoms with Gasteiger partial charge in [0, 0.05) is 46.1 Å². The number of aromatic amines is 1. The van der Waals surface area contributed by atoms with Gasteiger partial charge in [0.2, 0.25) is 0 Å². The summed E-state index contributed by atoms with van der Waals surface area (Å²) in [6, 6.07) is 15.4. The highest BCUT2D eigenvalue weighted by atomic mass is 32.2. The van der Waals surface area contributed by atoms with E-state index in [1.54, 1.807) is 23.9 Å². The number of nitrogens with one attached hydrogen (secondary N) is 1. The molecule has 0 radical (unpaired) electrons. The first-order valence-electron chi connectivity index (χ1n) is 9.54. The molecule has 1 aliphatic carbocycles. The summed E-state index contributed by atoms with van der Waals surface area (Å²) in [6.45, 7) is 2.04. The molecule has 1 fully saturated rings. The zero-order valence-electron chi connectivity index (χ0n) is 15.8. The average molecular weight is 405 g/mol. The van der Waals surface area contributed by atoms with Crippen molar-refractivity contribution < 1.29 is 4.92 Å². The number of nitro groups is 1. The minimum atomic E-state index is -0.358. The molecule has 0 bridgehead atoms. The number of nitro benzene ring substituents is 1. The van der Waals surface area contributed by atoms with Crippen LogP contribution in [0.3, 0.4) is 0 Å². The van der Waals surface area contributed by atoms with E-state index in [9.17, 15) is 10.1 Å². The number of hydrogen-bond acceptors (Lipinski definition) is 5. The van der Waals surface area contributed by atoms with Crippen LogP contribution in [0.25, 0.3) is 22.3 Å². The van der Waals surface area contributed by atoms with Crippen LogP contribution >= 0.6 is 11.8 Å². The lowest BCUT2D eigenvalue weighted by atomic mass is 10.1. The lowest BCUT2D eigenvalue weighted by molar-refractivity contribution is -0.384. The first-order chi connectivity index (χ1) is 14.1. The van der Waals surface area contributed by atoms with Crippen molar-refractivity contribution in [1.29, 1.82) is 0 Å². The molecule has 0 amide bonds. The quantitative estimate of drug-likeness (QED) is 0.259. The molecular weight excluding hydrogens is 386 g/mol. The molecule has 0 saturated heterocycles. The maximum absolute atomic E-state index is 11.1. The zero-order chi connectivity index (χ0) is 20.0. The number of rotatable bonds is 6. The van der Waals surface area contributed by atoms with Crippen LogP contribution in [0.5, 0.6) is 0 Å². The molecule has 8 heteroatoms. The summed E-state index contributed by atoms with van der Waals surface area (Å²) in [5.41, 5.74) is 3.14. The van der Waals surface area contributed by atoms with Crippen LogP contribution in [-0.4, -0.2) is 24.7 Å². The number of non-ortho nitro benzene ring substituents is 1. The summed E-state index contributed by atoms with van der Waals surface area (Å²) in [4.78, 5) is 14.1. The number of H-pyrrole nitrogens is 1. The molecule has 1 N–H and O–H groups in total. The fourth-order valence-corrected chi connectivity index (χ4v) is 4.61. The van der Waals surface area contributed by atoms with Crippen LogP contribution in [-0.2, 0) is 0 Å². The minimum Gasteiger partial charge on any atom is -0.360 e. The van der Waals surface area contributed by atoms with E-state index in [0.717, 1.165) is 45.9 Å². The third-order valence-corrected chi connectivity index (χ3v) is 6.35. The van der Waals surface area contributed by atoms with Gasteiger partial charge in [-0.25, -0.2) is 0 Å². The Balaban J connectivity index is 1.50. The van der Waals surface area contributed by atoms with Crippen molar-refractivity contribution in [2.24, 2.45) is 0 Å². The first kappa shape index (κ1) is 17.9. The number of fused-ring (bicyclic) bond motifs is 1. The zero-order valence-corrected chi connectivity index (χ0v) is 16.6. The van der Waals surface area contributed by atoms with Crippen molar-refractivity contribution in [3.8, 4) is 11.4 Å². The van der Waals surface area contributed by atoms with Gasteiger partial charge in [-0.15, -0.1) is 10.2 Å². The number of thioether (sulfide) groups is 1. The predicted molar refractivity (Wildman–Crippen MR) is 113 cm³/mol. The highest BCUT2D eigenvalue weighted by molar-refractivity contribution is 7.99. The fraction of sp³-hybridized carbons (Fsp3) is 0.238. The predicted octanol–water partition coefficient (Wildman–Crippen LogP) is 5.52. The molecule has 5 rings (SSSR count). The van der Waals surface area contributed by atoms with Gasteiger partial charge >= 0.3 is 0 Å². The summed E-state index contributed by atoms with van der Waals surface area (Å²) in [5.74, 6) is 0.874. The first-order valence-corrected chi connectivity index (χ1v) is 10.4. The summed E-state index contributed by atoms with van der Waals surface area (Å²) < 4.78 is 2.23. The summed E-state index contributed by atoms with van der Waals surface area (Å²) in [6.07, 6.45) is 4.23. The maximum atomic E-state index is 11.1. The van der Waals surface area contributed by atoms with Gasteiger partial charge in [-0.1, -0.05) is 42.1 Å².